The Bertz CT molecular complexity index is 1630. The molecule has 11 nitrogen and oxygen atoms in total. The minimum absolute atomic E-state index is 0.0234. The smallest absolute Gasteiger partial charge is 0.466 e. The standard InChI is InChI=1S/C55H98NO10P/c1-9-11-29-35-49-43-46(3)51(64-49)36-31-25-21-17-13-15-19-23-27-33-39-54(57)61-44-50(45-63-67(59,60)62-42-41-56(6,7)8)65-55(58)40-34-28-24-20-16-14-18-22-26-32-38-53-48(5)47(4)52(66-53)37-30-12-10-2/h43,50H,9-42,44-45H2,1-8H3/p+1. The highest BCUT2D eigenvalue weighted by Crippen LogP contribution is 2.43. The summed E-state index contributed by atoms with van der Waals surface area (Å²) in [4.78, 5) is 35.8. The predicted octanol–water partition coefficient (Wildman–Crippen LogP) is 14.9. The lowest BCUT2D eigenvalue weighted by Gasteiger charge is -2.24. The molecule has 0 aliphatic carbocycles. The van der Waals surface area contributed by atoms with E-state index in [0.717, 1.165) is 76.4 Å². The van der Waals surface area contributed by atoms with Crippen molar-refractivity contribution in [2.45, 2.75) is 246 Å². The number of quaternary nitrogens is 1. The molecule has 0 saturated heterocycles. The van der Waals surface area contributed by atoms with Crippen LogP contribution in [-0.2, 0) is 58.4 Å². The van der Waals surface area contributed by atoms with Gasteiger partial charge in [-0.15, -0.1) is 0 Å². The van der Waals surface area contributed by atoms with Crippen LogP contribution in [0.5, 0.6) is 0 Å². The summed E-state index contributed by atoms with van der Waals surface area (Å²) in [7, 11) is 1.45. The van der Waals surface area contributed by atoms with Crippen molar-refractivity contribution < 1.29 is 50.9 Å². The molecule has 0 bridgehead atoms. The van der Waals surface area contributed by atoms with Gasteiger partial charge in [-0.3, -0.25) is 18.6 Å². The second-order valence-corrected chi connectivity index (χ2v) is 21.9. The molecule has 1 N–H and O–H groups in total. The monoisotopic (exact) mass is 965 g/mol. The molecule has 0 fully saturated rings. The third-order valence-corrected chi connectivity index (χ3v) is 14.0. The molecule has 2 unspecified atom stereocenters. The lowest BCUT2D eigenvalue weighted by atomic mass is 10.0. The van der Waals surface area contributed by atoms with E-state index in [2.05, 4.69) is 40.7 Å². The van der Waals surface area contributed by atoms with Gasteiger partial charge in [-0.25, -0.2) is 4.57 Å². The number of ether oxygens (including phenoxy) is 2. The van der Waals surface area contributed by atoms with Crippen LogP contribution in [0, 0.1) is 20.8 Å². The van der Waals surface area contributed by atoms with Crippen LogP contribution < -0.4 is 0 Å². The maximum atomic E-state index is 12.8. The SMILES string of the molecule is CCCCCc1cc(C)c(CCCCCCCCCCCCC(=O)OCC(COP(=O)(O)OCC[N+](C)(C)C)OC(=O)CCCCCCCCCCCCc2oc(CCCCC)c(C)c2C)o1. The van der Waals surface area contributed by atoms with E-state index in [1.807, 2.05) is 21.1 Å². The number of rotatable bonds is 44. The zero-order valence-corrected chi connectivity index (χ0v) is 45.0. The highest BCUT2D eigenvalue weighted by molar-refractivity contribution is 7.47. The first-order chi connectivity index (χ1) is 32.1. The molecule has 388 valence electrons. The van der Waals surface area contributed by atoms with E-state index in [4.69, 9.17) is 27.4 Å². The van der Waals surface area contributed by atoms with Crippen LogP contribution in [0.25, 0.3) is 0 Å². The Morgan fingerprint density at radius 3 is 1.49 bits per heavy atom. The van der Waals surface area contributed by atoms with Gasteiger partial charge in [-0.1, -0.05) is 142 Å². The quantitative estimate of drug-likeness (QED) is 0.0296. The van der Waals surface area contributed by atoms with Crippen LogP contribution >= 0.6 is 7.82 Å². The molecule has 12 heteroatoms. The zero-order valence-electron chi connectivity index (χ0n) is 44.1. The zero-order chi connectivity index (χ0) is 49.2. The number of likely N-dealkylation sites (N-methyl/N-ethyl adjacent to an activating group) is 1. The van der Waals surface area contributed by atoms with Gasteiger partial charge < -0.3 is 27.7 Å². The maximum Gasteiger partial charge on any atom is 0.472 e. The number of phosphoric ester groups is 1. The van der Waals surface area contributed by atoms with Crippen LogP contribution in [0.1, 0.15) is 233 Å². The average molecular weight is 965 g/mol. The van der Waals surface area contributed by atoms with Gasteiger partial charge >= 0.3 is 19.8 Å². The van der Waals surface area contributed by atoms with E-state index in [1.54, 1.807) is 0 Å². The topological polar surface area (TPSA) is 135 Å². The fourth-order valence-electron chi connectivity index (χ4n) is 8.45. The minimum atomic E-state index is -4.40. The first-order valence-electron chi connectivity index (χ1n) is 27.1. The summed E-state index contributed by atoms with van der Waals surface area (Å²) in [6.07, 6.45) is 33.5. The van der Waals surface area contributed by atoms with Crippen molar-refractivity contribution in [3.8, 4) is 0 Å². The molecule has 67 heavy (non-hydrogen) atoms. The van der Waals surface area contributed by atoms with E-state index in [-0.39, 0.29) is 32.0 Å². The molecule has 0 amide bonds. The number of carbonyl (C=O) groups is 2. The van der Waals surface area contributed by atoms with Crippen LogP contribution in [0.4, 0.5) is 0 Å². The van der Waals surface area contributed by atoms with E-state index in [0.29, 0.717) is 17.4 Å². The number of unbranched alkanes of at least 4 members (excludes halogenated alkanes) is 22. The summed E-state index contributed by atoms with van der Waals surface area (Å²) in [6.45, 7) is 10.9. The van der Waals surface area contributed by atoms with Crippen molar-refractivity contribution in [2.75, 3.05) is 47.5 Å². The van der Waals surface area contributed by atoms with Crippen molar-refractivity contribution in [1.82, 2.24) is 0 Å². The molecule has 0 aromatic carbocycles. The summed E-state index contributed by atoms with van der Waals surface area (Å²) in [5.41, 5.74) is 4.00. The van der Waals surface area contributed by atoms with Gasteiger partial charge in [0.25, 0.3) is 0 Å². The van der Waals surface area contributed by atoms with Crippen molar-refractivity contribution in [1.29, 1.82) is 0 Å². The highest BCUT2D eigenvalue weighted by atomic mass is 31.2. The van der Waals surface area contributed by atoms with Crippen molar-refractivity contribution in [3.63, 3.8) is 0 Å². The molecular weight excluding hydrogens is 866 g/mol. The Balaban J connectivity index is 1.58. The summed E-state index contributed by atoms with van der Waals surface area (Å²) >= 11 is 0. The second-order valence-electron chi connectivity index (χ2n) is 20.4. The number of carbonyl (C=O) groups excluding carboxylic acids is 2. The van der Waals surface area contributed by atoms with Crippen LogP contribution in [-0.4, -0.2) is 74.9 Å². The molecule has 0 saturated carbocycles. The summed E-state index contributed by atoms with van der Waals surface area (Å²) in [5, 5.41) is 0. The van der Waals surface area contributed by atoms with Gasteiger partial charge in [-0.2, -0.15) is 0 Å². The molecule has 2 aromatic heterocycles. The number of nitrogens with zero attached hydrogens (tertiary/aromatic N) is 1. The Kier molecular flexibility index (Phi) is 33.1. The van der Waals surface area contributed by atoms with Gasteiger partial charge in [0.1, 0.15) is 42.8 Å². The summed E-state index contributed by atoms with van der Waals surface area (Å²) in [5.74, 6) is 3.88. The van der Waals surface area contributed by atoms with Gasteiger partial charge in [0, 0.05) is 38.5 Å². The predicted molar refractivity (Wildman–Crippen MR) is 273 cm³/mol. The Morgan fingerprint density at radius 2 is 1.00 bits per heavy atom. The number of esters is 2. The number of hydrogen-bond donors (Lipinski definition) is 1. The minimum Gasteiger partial charge on any atom is -0.466 e. The van der Waals surface area contributed by atoms with Gasteiger partial charge in [0.2, 0.25) is 0 Å². The molecule has 2 heterocycles. The fourth-order valence-corrected chi connectivity index (χ4v) is 9.19. The Morgan fingerprint density at radius 1 is 0.567 bits per heavy atom. The van der Waals surface area contributed by atoms with Gasteiger partial charge in [0.15, 0.2) is 6.10 Å². The molecule has 2 aromatic rings. The third-order valence-electron chi connectivity index (χ3n) is 13.0. The summed E-state index contributed by atoms with van der Waals surface area (Å²) < 4.78 is 47.0. The van der Waals surface area contributed by atoms with Crippen molar-refractivity contribution >= 4 is 19.8 Å². The van der Waals surface area contributed by atoms with Crippen LogP contribution in [0.2, 0.25) is 0 Å². The van der Waals surface area contributed by atoms with Gasteiger partial charge in [0.05, 0.1) is 27.7 Å². The number of phosphoric acid groups is 1. The van der Waals surface area contributed by atoms with Crippen molar-refractivity contribution in [3.05, 3.63) is 45.8 Å². The lowest BCUT2D eigenvalue weighted by molar-refractivity contribution is -0.870. The normalized spacial score (nSPS) is 13.3. The maximum absolute atomic E-state index is 12.8. The van der Waals surface area contributed by atoms with Crippen LogP contribution in [0.3, 0.4) is 0 Å². The number of aryl methyl sites for hydroxylation is 5. The second kappa shape index (κ2) is 36.5. The molecule has 0 aliphatic rings. The summed E-state index contributed by atoms with van der Waals surface area (Å²) in [6, 6.07) is 2.23. The van der Waals surface area contributed by atoms with E-state index in [9.17, 15) is 19.0 Å². The molecule has 2 rings (SSSR count). The molecule has 2 atom stereocenters. The molecular formula is C55H99NO10P+. The largest absolute Gasteiger partial charge is 0.472 e. The van der Waals surface area contributed by atoms with Gasteiger partial charge in [-0.05, 0) is 82.1 Å². The first kappa shape index (κ1) is 60.7. The Hall–Kier alpha value is -2.43. The molecule has 0 spiro atoms. The van der Waals surface area contributed by atoms with E-state index >= 15 is 0 Å². The Labute approximate surface area is 408 Å². The van der Waals surface area contributed by atoms with Crippen molar-refractivity contribution in [2.24, 2.45) is 0 Å². The van der Waals surface area contributed by atoms with E-state index in [1.165, 1.54) is 150 Å². The number of furan rings is 2. The van der Waals surface area contributed by atoms with E-state index < -0.39 is 26.5 Å². The lowest BCUT2D eigenvalue weighted by Crippen LogP contribution is -2.37. The highest BCUT2D eigenvalue weighted by Gasteiger charge is 2.27. The molecule has 0 radical (unpaired) electrons. The fraction of sp³-hybridized carbons (Fsp3) is 0.818. The first-order valence-corrected chi connectivity index (χ1v) is 28.6. The van der Waals surface area contributed by atoms with Crippen LogP contribution in [0.15, 0.2) is 14.9 Å². The molecule has 0 aliphatic heterocycles. The third kappa shape index (κ3) is 30.7. The number of hydrogen-bond acceptors (Lipinski definition) is 9. The average Bonchev–Trinajstić information content (AvgIpc) is 3.77.